The fourth-order valence-electron chi connectivity index (χ4n) is 3.49. The van der Waals surface area contributed by atoms with E-state index in [0.717, 1.165) is 0 Å². The van der Waals surface area contributed by atoms with E-state index in [1.54, 1.807) is 0 Å². The second-order valence-electron chi connectivity index (χ2n) is 6.95. The Morgan fingerprint density at radius 1 is 0.955 bits per heavy atom. The third kappa shape index (κ3) is 2.96. The lowest BCUT2D eigenvalue weighted by Gasteiger charge is -2.47. The van der Waals surface area contributed by atoms with Gasteiger partial charge in [0.05, 0.1) is 0 Å². The molecule has 2 aromatic carbocycles. The third-order valence-corrected chi connectivity index (χ3v) is 8.14. The Kier molecular flexibility index (Phi) is 4.61. The normalized spacial score (nSPS) is 23.3. The fraction of sp³-hybridized carbons (Fsp3) is 0.400. The minimum atomic E-state index is 0.258. The van der Waals surface area contributed by atoms with Crippen LogP contribution in [0.15, 0.2) is 64.4 Å². The van der Waals surface area contributed by atoms with Crippen molar-refractivity contribution in [1.29, 1.82) is 0 Å². The highest BCUT2D eigenvalue weighted by Gasteiger charge is 2.45. The summed E-state index contributed by atoms with van der Waals surface area (Å²) in [7, 11) is 0. The van der Waals surface area contributed by atoms with Crippen molar-refractivity contribution in [3.8, 4) is 0 Å². The summed E-state index contributed by atoms with van der Waals surface area (Å²) >= 11 is 4.10. The standard InChI is InChI=1S/C20H24S2/c1-14(2)18-20(3,4)19(21-15-10-6-5-7-11-15)16-12-8-9-13-17(16)22-18/h5-14,18-19H,1-4H3/t18-,19+/m1/s1. The molecule has 2 aromatic rings. The molecular formula is C20H24S2. The Hall–Kier alpha value is -0.860. The van der Waals surface area contributed by atoms with Crippen LogP contribution >= 0.6 is 23.5 Å². The first-order valence-corrected chi connectivity index (χ1v) is 9.73. The van der Waals surface area contributed by atoms with Crippen LogP contribution in [-0.4, -0.2) is 5.25 Å². The molecule has 0 nitrogen and oxygen atoms in total. The van der Waals surface area contributed by atoms with Gasteiger partial charge < -0.3 is 0 Å². The smallest absolute Gasteiger partial charge is 0.0417 e. The van der Waals surface area contributed by atoms with Gasteiger partial charge >= 0.3 is 0 Å². The fourth-order valence-corrected chi connectivity index (χ4v) is 6.48. The average Bonchev–Trinajstić information content (AvgIpc) is 2.50. The van der Waals surface area contributed by atoms with E-state index in [2.05, 4.69) is 94.1 Å². The summed E-state index contributed by atoms with van der Waals surface area (Å²) < 4.78 is 0. The molecule has 2 atom stereocenters. The van der Waals surface area contributed by atoms with Gasteiger partial charge in [-0.25, -0.2) is 0 Å². The predicted molar refractivity (Wildman–Crippen MR) is 99.7 cm³/mol. The van der Waals surface area contributed by atoms with Crippen molar-refractivity contribution < 1.29 is 0 Å². The molecule has 0 bridgehead atoms. The molecule has 0 saturated heterocycles. The van der Waals surface area contributed by atoms with Gasteiger partial charge in [-0.15, -0.1) is 23.5 Å². The van der Waals surface area contributed by atoms with E-state index in [1.165, 1.54) is 15.4 Å². The van der Waals surface area contributed by atoms with Gasteiger partial charge in [-0.05, 0) is 35.1 Å². The van der Waals surface area contributed by atoms with Gasteiger partial charge in [0, 0.05) is 20.3 Å². The van der Waals surface area contributed by atoms with E-state index in [1.807, 2.05) is 11.8 Å². The van der Waals surface area contributed by atoms with Crippen LogP contribution in [0.5, 0.6) is 0 Å². The number of fused-ring (bicyclic) bond motifs is 1. The second-order valence-corrected chi connectivity index (χ2v) is 9.31. The summed E-state index contributed by atoms with van der Waals surface area (Å²) in [6, 6.07) is 19.8. The first kappa shape index (κ1) is 16.0. The molecule has 0 fully saturated rings. The van der Waals surface area contributed by atoms with Crippen LogP contribution < -0.4 is 0 Å². The molecule has 0 saturated carbocycles. The summed E-state index contributed by atoms with van der Waals surface area (Å²) in [5.41, 5.74) is 1.76. The Bertz CT molecular complexity index is 631. The van der Waals surface area contributed by atoms with Crippen LogP contribution in [0.3, 0.4) is 0 Å². The highest BCUT2D eigenvalue weighted by molar-refractivity contribution is 8.01. The Morgan fingerprint density at radius 3 is 2.27 bits per heavy atom. The van der Waals surface area contributed by atoms with E-state index < -0.39 is 0 Å². The van der Waals surface area contributed by atoms with Crippen molar-refractivity contribution in [2.45, 2.75) is 48.0 Å². The Labute approximate surface area is 143 Å². The second kappa shape index (κ2) is 6.33. The molecule has 3 rings (SSSR count). The van der Waals surface area contributed by atoms with Crippen LogP contribution in [0.2, 0.25) is 0 Å². The highest BCUT2D eigenvalue weighted by Crippen LogP contribution is 2.60. The van der Waals surface area contributed by atoms with Gasteiger partial charge in [-0.3, -0.25) is 0 Å². The topological polar surface area (TPSA) is 0 Å². The molecule has 1 aliphatic heterocycles. The number of hydrogen-bond donors (Lipinski definition) is 0. The predicted octanol–water partition coefficient (Wildman–Crippen LogP) is 6.68. The van der Waals surface area contributed by atoms with Gasteiger partial charge in [-0.2, -0.15) is 0 Å². The molecule has 116 valence electrons. The van der Waals surface area contributed by atoms with Crippen molar-refractivity contribution in [2.24, 2.45) is 11.3 Å². The highest BCUT2D eigenvalue weighted by atomic mass is 32.2. The molecule has 22 heavy (non-hydrogen) atoms. The van der Waals surface area contributed by atoms with E-state index in [-0.39, 0.29) is 5.41 Å². The van der Waals surface area contributed by atoms with Gasteiger partial charge in [0.2, 0.25) is 0 Å². The minimum Gasteiger partial charge on any atom is -0.122 e. The number of rotatable bonds is 3. The first-order valence-electron chi connectivity index (χ1n) is 7.97. The lowest BCUT2D eigenvalue weighted by Crippen LogP contribution is -2.38. The van der Waals surface area contributed by atoms with Crippen molar-refractivity contribution in [3.05, 3.63) is 60.2 Å². The van der Waals surface area contributed by atoms with Crippen molar-refractivity contribution >= 4 is 23.5 Å². The SMILES string of the molecule is CC(C)[C@H]1Sc2ccccc2[C@H](Sc2ccccc2)C1(C)C. The molecule has 1 aliphatic rings. The molecule has 0 unspecified atom stereocenters. The monoisotopic (exact) mass is 328 g/mol. The lowest BCUT2D eigenvalue weighted by molar-refractivity contribution is 0.286. The van der Waals surface area contributed by atoms with Gasteiger partial charge in [0.25, 0.3) is 0 Å². The summed E-state index contributed by atoms with van der Waals surface area (Å²) in [5, 5.41) is 1.14. The van der Waals surface area contributed by atoms with Crippen molar-refractivity contribution in [2.75, 3.05) is 0 Å². The van der Waals surface area contributed by atoms with E-state index >= 15 is 0 Å². The van der Waals surface area contributed by atoms with Gasteiger partial charge in [0.15, 0.2) is 0 Å². The molecule has 0 aromatic heterocycles. The largest absolute Gasteiger partial charge is 0.122 e. The molecule has 1 heterocycles. The van der Waals surface area contributed by atoms with Crippen molar-refractivity contribution in [3.63, 3.8) is 0 Å². The zero-order valence-electron chi connectivity index (χ0n) is 13.7. The summed E-state index contributed by atoms with van der Waals surface area (Å²) in [6.07, 6.45) is 0. The third-order valence-electron chi connectivity index (χ3n) is 4.47. The Balaban J connectivity index is 2.04. The number of hydrogen-bond acceptors (Lipinski definition) is 2. The number of benzene rings is 2. The van der Waals surface area contributed by atoms with Gasteiger partial charge in [-0.1, -0.05) is 64.1 Å². The molecule has 0 radical (unpaired) electrons. The van der Waals surface area contributed by atoms with Crippen LogP contribution in [0, 0.1) is 11.3 Å². The zero-order chi connectivity index (χ0) is 15.7. The summed E-state index contributed by atoms with van der Waals surface area (Å²) in [4.78, 5) is 2.83. The average molecular weight is 329 g/mol. The molecule has 0 N–H and O–H groups in total. The van der Waals surface area contributed by atoms with Crippen molar-refractivity contribution in [1.82, 2.24) is 0 Å². The lowest BCUT2D eigenvalue weighted by atomic mass is 9.77. The maximum absolute atomic E-state index is 2.45. The summed E-state index contributed by atoms with van der Waals surface area (Å²) in [5.74, 6) is 0.673. The first-order chi connectivity index (χ1) is 10.5. The van der Waals surface area contributed by atoms with Crippen LogP contribution in [0.25, 0.3) is 0 Å². The van der Waals surface area contributed by atoms with E-state index in [9.17, 15) is 0 Å². The molecular weight excluding hydrogens is 304 g/mol. The minimum absolute atomic E-state index is 0.258. The quantitative estimate of drug-likeness (QED) is 0.616. The maximum atomic E-state index is 2.45. The van der Waals surface area contributed by atoms with E-state index in [4.69, 9.17) is 0 Å². The molecule has 0 spiro atoms. The van der Waals surface area contributed by atoms with Gasteiger partial charge in [0.1, 0.15) is 0 Å². The van der Waals surface area contributed by atoms with E-state index in [0.29, 0.717) is 16.4 Å². The van der Waals surface area contributed by atoms with Crippen LogP contribution in [0.1, 0.15) is 38.5 Å². The number of thioether (sulfide) groups is 2. The molecule has 0 aliphatic carbocycles. The summed E-state index contributed by atoms with van der Waals surface area (Å²) in [6.45, 7) is 9.61. The molecule has 2 heteroatoms. The zero-order valence-corrected chi connectivity index (χ0v) is 15.4. The van der Waals surface area contributed by atoms with Crippen LogP contribution in [-0.2, 0) is 0 Å². The Morgan fingerprint density at radius 2 is 1.59 bits per heavy atom. The maximum Gasteiger partial charge on any atom is 0.0417 e. The molecule has 0 amide bonds. The van der Waals surface area contributed by atoms with Crippen LogP contribution in [0.4, 0.5) is 0 Å².